The number of nitrogen functional groups attached to an aromatic ring is 2. The Kier molecular flexibility index (Phi) is 2.78. The number of hydrogen-bond donors (Lipinski definition) is 2. The van der Waals surface area contributed by atoms with Crippen LogP contribution < -0.4 is 11.5 Å². The SMILES string of the molecule is Nc1ccc(Sc2ccnc(N)c2)cc1. The van der Waals surface area contributed by atoms with Gasteiger partial charge < -0.3 is 11.5 Å². The Balaban J connectivity index is 2.18. The summed E-state index contributed by atoms with van der Waals surface area (Å²) >= 11 is 1.63. The first-order chi connectivity index (χ1) is 7.24. The lowest BCUT2D eigenvalue weighted by atomic mass is 10.3. The van der Waals surface area contributed by atoms with E-state index in [1.807, 2.05) is 36.4 Å². The normalized spacial score (nSPS) is 10.1. The van der Waals surface area contributed by atoms with Crippen molar-refractivity contribution in [2.75, 3.05) is 11.5 Å². The van der Waals surface area contributed by atoms with Crippen molar-refractivity contribution in [2.45, 2.75) is 9.79 Å². The molecule has 0 radical (unpaired) electrons. The van der Waals surface area contributed by atoms with Crippen molar-refractivity contribution in [2.24, 2.45) is 0 Å². The van der Waals surface area contributed by atoms with Crippen LogP contribution in [0.3, 0.4) is 0 Å². The molecule has 4 N–H and O–H groups in total. The average Bonchev–Trinajstić information content (AvgIpc) is 2.22. The minimum absolute atomic E-state index is 0.537. The van der Waals surface area contributed by atoms with E-state index in [4.69, 9.17) is 11.5 Å². The second-order valence-electron chi connectivity index (χ2n) is 3.09. The topological polar surface area (TPSA) is 64.9 Å². The molecule has 1 aromatic carbocycles. The van der Waals surface area contributed by atoms with E-state index >= 15 is 0 Å². The van der Waals surface area contributed by atoms with E-state index < -0.39 is 0 Å². The second-order valence-corrected chi connectivity index (χ2v) is 4.23. The first kappa shape index (κ1) is 9.86. The zero-order chi connectivity index (χ0) is 10.7. The van der Waals surface area contributed by atoms with Gasteiger partial charge in [0, 0.05) is 21.7 Å². The molecule has 4 heteroatoms. The number of rotatable bonds is 2. The first-order valence-electron chi connectivity index (χ1n) is 4.49. The molecule has 0 aliphatic carbocycles. The molecule has 1 heterocycles. The summed E-state index contributed by atoms with van der Waals surface area (Å²) in [6, 6.07) is 11.5. The van der Waals surface area contributed by atoms with Crippen molar-refractivity contribution < 1.29 is 0 Å². The van der Waals surface area contributed by atoms with E-state index in [9.17, 15) is 0 Å². The number of aromatic nitrogens is 1. The fourth-order valence-electron chi connectivity index (χ4n) is 1.16. The number of hydrogen-bond acceptors (Lipinski definition) is 4. The predicted octanol–water partition coefficient (Wildman–Crippen LogP) is 2.40. The quantitative estimate of drug-likeness (QED) is 0.758. The number of nitrogens with zero attached hydrogens (tertiary/aromatic N) is 1. The second kappa shape index (κ2) is 4.23. The molecular weight excluding hydrogens is 206 g/mol. The van der Waals surface area contributed by atoms with Crippen LogP contribution in [0.2, 0.25) is 0 Å². The van der Waals surface area contributed by atoms with Crippen molar-refractivity contribution in [3.05, 3.63) is 42.6 Å². The maximum absolute atomic E-state index is 5.60. The van der Waals surface area contributed by atoms with Gasteiger partial charge in [-0.1, -0.05) is 11.8 Å². The van der Waals surface area contributed by atoms with Crippen LogP contribution in [-0.4, -0.2) is 4.98 Å². The monoisotopic (exact) mass is 217 g/mol. The van der Waals surface area contributed by atoms with Gasteiger partial charge in [-0.3, -0.25) is 0 Å². The summed E-state index contributed by atoms with van der Waals surface area (Å²) in [4.78, 5) is 6.15. The smallest absolute Gasteiger partial charge is 0.124 e. The predicted molar refractivity (Wildman–Crippen MR) is 63.6 cm³/mol. The molecule has 2 aromatic rings. The lowest BCUT2D eigenvalue weighted by Crippen LogP contribution is -1.88. The Morgan fingerprint density at radius 2 is 1.67 bits per heavy atom. The van der Waals surface area contributed by atoms with Crippen LogP contribution in [0.25, 0.3) is 0 Å². The highest BCUT2D eigenvalue weighted by atomic mass is 32.2. The standard InChI is InChI=1S/C11H11N3S/c12-8-1-3-9(4-2-8)15-10-5-6-14-11(13)7-10/h1-7H,12H2,(H2,13,14). The molecule has 0 atom stereocenters. The lowest BCUT2D eigenvalue weighted by Gasteiger charge is -2.02. The molecule has 76 valence electrons. The summed E-state index contributed by atoms with van der Waals surface area (Å²) in [5.74, 6) is 0.537. The van der Waals surface area contributed by atoms with Crippen LogP contribution in [0.5, 0.6) is 0 Å². The summed E-state index contributed by atoms with van der Waals surface area (Å²) < 4.78 is 0. The molecule has 0 fully saturated rings. The third-order valence-corrected chi connectivity index (χ3v) is 2.87. The Labute approximate surface area is 92.5 Å². The molecule has 0 aliphatic rings. The average molecular weight is 217 g/mol. The third kappa shape index (κ3) is 2.63. The first-order valence-corrected chi connectivity index (χ1v) is 5.30. The molecule has 0 amide bonds. The van der Waals surface area contributed by atoms with Crippen molar-refractivity contribution in [1.82, 2.24) is 4.98 Å². The van der Waals surface area contributed by atoms with Gasteiger partial charge in [0.1, 0.15) is 5.82 Å². The van der Waals surface area contributed by atoms with E-state index in [-0.39, 0.29) is 0 Å². The minimum atomic E-state index is 0.537. The highest BCUT2D eigenvalue weighted by Gasteiger charge is 1.97. The number of nitrogens with two attached hydrogens (primary N) is 2. The summed E-state index contributed by atoms with van der Waals surface area (Å²) in [6.45, 7) is 0. The summed E-state index contributed by atoms with van der Waals surface area (Å²) in [5.41, 5.74) is 12.0. The Morgan fingerprint density at radius 1 is 0.933 bits per heavy atom. The zero-order valence-electron chi connectivity index (χ0n) is 8.05. The molecule has 1 aromatic heterocycles. The molecule has 0 unspecified atom stereocenters. The van der Waals surface area contributed by atoms with Crippen molar-refractivity contribution >= 4 is 23.3 Å². The molecule has 0 spiro atoms. The van der Waals surface area contributed by atoms with E-state index in [0.29, 0.717) is 5.82 Å². The largest absolute Gasteiger partial charge is 0.399 e. The summed E-state index contributed by atoms with van der Waals surface area (Å²) in [7, 11) is 0. The van der Waals surface area contributed by atoms with Crippen LogP contribution in [0, 0.1) is 0 Å². The van der Waals surface area contributed by atoms with Crippen LogP contribution in [-0.2, 0) is 0 Å². The molecule has 0 aliphatic heterocycles. The fraction of sp³-hybridized carbons (Fsp3) is 0. The molecule has 0 saturated heterocycles. The Bertz CT molecular complexity index is 454. The molecule has 2 rings (SSSR count). The Hall–Kier alpha value is -1.68. The van der Waals surface area contributed by atoms with Gasteiger partial charge in [0.2, 0.25) is 0 Å². The summed E-state index contributed by atoms with van der Waals surface area (Å²) in [5, 5.41) is 0. The van der Waals surface area contributed by atoms with Crippen LogP contribution in [0.1, 0.15) is 0 Å². The van der Waals surface area contributed by atoms with E-state index in [1.54, 1.807) is 18.0 Å². The van der Waals surface area contributed by atoms with Crippen molar-refractivity contribution in [1.29, 1.82) is 0 Å². The van der Waals surface area contributed by atoms with Crippen LogP contribution in [0.15, 0.2) is 52.4 Å². The van der Waals surface area contributed by atoms with Gasteiger partial charge in [-0.2, -0.15) is 0 Å². The Morgan fingerprint density at radius 3 is 2.33 bits per heavy atom. The number of anilines is 2. The number of pyridine rings is 1. The molecular formula is C11H11N3S. The van der Waals surface area contributed by atoms with E-state index in [0.717, 1.165) is 15.5 Å². The fourth-order valence-corrected chi connectivity index (χ4v) is 2.02. The minimum Gasteiger partial charge on any atom is -0.399 e. The van der Waals surface area contributed by atoms with Gasteiger partial charge in [-0.15, -0.1) is 0 Å². The highest BCUT2D eigenvalue weighted by molar-refractivity contribution is 7.99. The number of benzene rings is 1. The molecule has 0 bridgehead atoms. The zero-order valence-corrected chi connectivity index (χ0v) is 8.87. The highest BCUT2D eigenvalue weighted by Crippen LogP contribution is 2.28. The maximum Gasteiger partial charge on any atom is 0.124 e. The maximum atomic E-state index is 5.60. The van der Waals surface area contributed by atoms with E-state index in [1.165, 1.54) is 0 Å². The van der Waals surface area contributed by atoms with E-state index in [2.05, 4.69) is 4.98 Å². The van der Waals surface area contributed by atoms with Crippen LogP contribution in [0.4, 0.5) is 11.5 Å². The van der Waals surface area contributed by atoms with Gasteiger partial charge in [0.25, 0.3) is 0 Å². The molecule has 15 heavy (non-hydrogen) atoms. The van der Waals surface area contributed by atoms with Gasteiger partial charge >= 0.3 is 0 Å². The van der Waals surface area contributed by atoms with Gasteiger partial charge in [0.05, 0.1) is 0 Å². The third-order valence-electron chi connectivity index (χ3n) is 1.87. The molecule has 0 saturated carbocycles. The van der Waals surface area contributed by atoms with Crippen LogP contribution >= 0.6 is 11.8 Å². The van der Waals surface area contributed by atoms with Gasteiger partial charge in [0.15, 0.2) is 0 Å². The van der Waals surface area contributed by atoms with Crippen molar-refractivity contribution in [3.63, 3.8) is 0 Å². The lowest BCUT2D eigenvalue weighted by molar-refractivity contribution is 1.27. The van der Waals surface area contributed by atoms with Gasteiger partial charge in [-0.05, 0) is 36.4 Å². The van der Waals surface area contributed by atoms with Crippen molar-refractivity contribution in [3.8, 4) is 0 Å². The van der Waals surface area contributed by atoms with Gasteiger partial charge in [-0.25, -0.2) is 4.98 Å². The molecule has 3 nitrogen and oxygen atoms in total. The summed E-state index contributed by atoms with van der Waals surface area (Å²) in [6.07, 6.45) is 1.70.